The summed E-state index contributed by atoms with van der Waals surface area (Å²) < 4.78 is 1.83. The first kappa shape index (κ1) is 15.4. The molecule has 1 atom stereocenters. The Labute approximate surface area is 146 Å². The molecule has 0 saturated heterocycles. The van der Waals surface area contributed by atoms with E-state index in [0.29, 0.717) is 6.42 Å². The van der Waals surface area contributed by atoms with E-state index < -0.39 is 0 Å². The van der Waals surface area contributed by atoms with E-state index in [9.17, 15) is 4.79 Å². The van der Waals surface area contributed by atoms with Crippen molar-refractivity contribution in [3.63, 3.8) is 0 Å². The van der Waals surface area contributed by atoms with Crippen molar-refractivity contribution in [3.8, 4) is 5.69 Å². The van der Waals surface area contributed by atoms with Crippen molar-refractivity contribution in [3.05, 3.63) is 71.4 Å². The van der Waals surface area contributed by atoms with Crippen LogP contribution in [0.25, 0.3) is 5.69 Å². The summed E-state index contributed by atoms with van der Waals surface area (Å²) in [7, 11) is 1.90. The van der Waals surface area contributed by atoms with Crippen LogP contribution in [0.3, 0.4) is 0 Å². The summed E-state index contributed by atoms with van der Waals surface area (Å²) in [6.07, 6.45) is 0.438. The van der Waals surface area contributed by atoms with Crippen molar-refractivity contribution in [2.24, 2.45) is 0 Å². The Bertz CT molecular complexity index is 913. The van der Waals surface area contributed by atoms with Crippen LogP contribution >= 0.6 is 0 Å². The highest BCUT2D eigenvalue weighted by Crippen LogP contribution is 2.40. The number of fused-ring (bicyclic) bond motifs is 1. The minimum Gasteiger partial charge on any atom is -0.388 e. The SMILES string of the molecule is CNc1ccc(C2CC(=O)Nc3c2c(C)nn3-c2ccccc2)cc1. The van der Waals surface area contributed by atoms with Crippen LogP contribution in [0.4, 0.5) is 11.5 Å². The Morgan fingerprint density at radius 3 is 2.52 bits per heavy atom. The molecular weight excluding hydrogens is 312 g/mol. The number of nitrogens with zero attached hydrogens (tertiary/aromatic N) is 2. The van der Waals surface area contributed by atoms with Crippen LogP contribution in [0.15, 0.2) is 54.6 Å². The summed E-state index contributed by atoms with van der Waals surface area (Å²) >= 11 is 0. The van der Waals surface area contributed by atoms with Gasteiger partial charge in [0.2, 0.25) is 5.91 Å². The van der Waals surface area contributed by atoms with E-state index in [1.807, 2.05) is 61.1 Å². The summed E-state index contributed by atoms with van der Waals surface area (Å²) in [6.45, 7) is 2.00. The van der Waals surface area contributed by atoms with Crippen LogP contribution in [0, 0.1) is 6.92 Å². The van der Waals surface area contributed by atoms with Gasteiger partial charge < -0.3 is 10.6 Å². The van der Waals surface area contributed by atoms with Gasteiger partial charge in [0.05, 0.1) is 11.4 Å². The standard InChI is InChI=1S/C20H20N4O/c1-13-19-17(14-8-10-15(21-2)11-9-14)12-18(25)22-20(19)24(23-13)16-6-4-3-5-7-16/h3-11,17,21H,12H2,1-2H3,(H,22,25). The van der Waals surface area contributed by atoms with Gasteiger partial charge in [0.1, 0.15) is 5.82 Å². The van der Waals surface area contributed by atoms with Crippen LogP contribution in [0.2, 0.25) is 0 Å². The Hall–Kier alpha value is -3.08. The lowest BCUT2D eigenvalue weighted by Gasteiger charge is -2.24. The number of aryl methyl sites for hydroxylation is 1. The van der Waals surface area contributed by atoms with Gasteiger partial charge in [-0.2, -0.15) is 5.10 Å². The van der Waals surface area contributed by atoms with Gasteiger partial charge in [0.25, 0.3) is 0 Å². The normalized spacial score (nSPS) is 16.2. The topological polar surface area (TPSA) is 59.0 Å². The van der Waals surface area contributed by atoms with E-state index in [4.69, 9.17) is 5.10 Å². The molecule has 5 heteroatoms. The third-order valence-electron chi connectivity index (χ3n) is 4.71. The fourth-order valence-corrected chi connectivity index (χ4v) is 3.47. The number of benzene rings is 2. The number of para-hydroxylation sites is 1. The summed E-state index contributed by atoms with van der Waals surface area (Å²) in [5.41, 5.74) is 5.17. The second-order valence-electron chi connectivity index (χ2n) is 6.27. The molecule has 126 valence electrons. The van der Waals surface area contributed by atoms with Crippen molar-refractivity contribution in [1.82, 2.24) is 9.78 Å². The number of hydrogen-bond acceptors (Lipinski definition) is 3. The number of rotatable bonds is 3. The minimum absolute atomic E-state index is 0.0205. The number of hydrogen-bond donors (Lipinski definition) is 2. The number of aromatic nitrogens is 2. The largest absolute Gasteiger partial charge is 0.388 e. The van der Waals surface area contributed by atoms with Gasteiger partial charge >= 0.3 is 0 Å². The van der Waals surface area contributed by atoms with Gasteiger partial charge in [-0.1, -0.05) is 30.3 Å². The van der Waals surface area contributed by atoms with E-state index >= 15 is 0 Å². The monoisotopic (exact) mass is 332 g/mol. The lowest BCUT2D eigenvalue weighted by Crippen LogP contribution is -2.24. The molecule has 1 amide bonds. The fraction of sp³-hybridized carbons (Fsp3) is 0.200. The van der Waals surface area contributed by atoms with Crippen LogP contribution in [-0.4, -0.2) is 22.7 Å². The molecule has 1 unspecified atom stereocenters. The highest BCUT2D eigenvalue weighted by Gasteiger charge is 2.32. The predicted octanol–water partition coefficient (Wildman–Crippen LogP) is 3.70. The molecule has 0 aliphatic carbocycles. The van der Waals surface area contributed by atoms with Gasteiger partial charge in [-0.15, -0.1) is 0 Å². The minimum atomic E-state index is 0.0205. The van der Waals surface area contributed by atoms with Gasteiger partial charge in [-0.05, 0) is 36.8 Å². The number of amides is 1. The summed E-state index contributed by atoms with van der Waals surface area (Å²) in [5.74, 6) is 0.821. The smallest absolute Gasteiger partial charge is 0.226 e. The maximum atomic E-state index is 12.4. The Kier molecular flexibility index (Phi) is 3.76. The van der Waals surface area contributed by atoms with Crippen molar-refractivity contribution < 1.29 is 4.79 Å². The quantitative estimate of drug-likeness (QED) is 0.769. The molecule has 0 saturated carbocycles. The second-order valence-corrected chi connectivity index (χ2v) is 6.27. The third-order valence-corrected chi connectivity index (χ3v) is 4.71. The van der Waals surface area contributed by atoms with E-state index in [-0.39, 0.29) is 11.8 Å². The first-order valence-electron chi connectivity index (χ1n) is 8.40. The zero-order chi connectivity index (χ0) is 17.4. The average Bonchev–Trinajstić information content (AvgIpc) is 2.98. The molecule has 2 N–H and O–H groups in total. The zero-order valence-corrected chi connectivity index (χ0v) is 14.3. The molecule has 1 aromatic heterocycles. The molecule has 1 aliphatic rings. The van der Waals surface area contributed by atoms with Crippen LogP contribution in [0.5, 0.6) is 0 Å². The molecular formula is C20H20N4O. The molecule has 3 aromatic rings. The first-order valence-corrected chi connectivity index (χ1v) is 8.40. The Morgan fingerprint density at radius 1 is 1.12 bits per heavy atom. The molecule has 0 radical (unpaired) electrons. The van der Waals surface area contributed by atoms with Crippen LogP contribution < -0.4 is 10.6 Å². The maximum Gasteiger partial charge on any atom is 0.226 e. The number of anilines is 2. The van der Waals surface area contributed by atoms with Crippen molar-refractivity contribution >= 4 is 17.4 Å². The lowest BCUT2D eigenvalue weighted by atomic mass is 9.86. The fourth-order valence-electron chi connectivity index (χ4n) is 3.47. The van der Waals surface area contributed by atoms with Crippen molar-refractivity contribution in [2.45, 2.75) is 19.3 Å². The molecule has 0 bridgehead atoms. The first-order chi connectivity index (χ1) is 12.2. The van der Waals surface area contributed by atoms with Gasteiger partial charge in [0.15, 0.2) is 0 Å². The summed E-state index contributed by atoms with van der Waals surface area (Å²) in [5, 5.41) is 10.8. The molecule has 0 spiro atoms. The maximum absolute atomic E-state index is 12.4. The van der Waals surface area contributed by atoms with Crippen molar-refractivity contribution in [1.29, 1.82) is 0 Å². The van der Waals surface area contributed by atoms with E-state index in [1.54, 1.807) is 0 Å². The molecule has 1 aliphatic heterocycles. The Morgan fingerprint density at radius 2 is 1.84 bits per heavy atom. The molecule has 2 aromatic carbocycles. The van der Waals surface area contributed by atoms with E-state index in [1.165, 1.54) is 0 Å². The molecule has 0 fully saturated rings. The highest BCUT2D eigenvalue weighted by molar-refractivity contribution is 5.95. The van der Waals surface area contributed by atoms with Crippen LogP contribution in [0.1, 0.15) is 29.2 Å². The molecule has 25 heavy (non-hydrogen) atoms. The summed E-state index contributed by atoms with van der Waals surface area (Å²) in [6, 6.07) is 18.1. The Balaban J connectivity index is 1.83. The number of carbonyl (C=O) groups excluding carboxylic acids is 1. The highest BCUT2D eigenvalue weighted by atomic mass is 16.1. The summed E-state index contributed by atoms with van der Waals surface area (Å²) in [4.78, 5) is 12.4. The second kappa shape index (κ2) is 6.09. The average molecular weight is 332 g/mol. The molecule has 4 rings (SSSR count). The van der Waals surface area contributed by atoms with E-state index in [0.717, 1.165) is 34.0 Å². The van der Waals surface area contributed by atoms with E-state index in [2.05, 4.69) is 22.8 Å². The molecule has 5 nitrogen and oxygen atoms in total. The van der Waals surface area contributed by atoms with Gasteiger partial charge in [0, 0.05) is 30.6 Å². The van der Waals surface area contributed by atoms with Gasteiger partial charge in [-0.25, -0.2) is 4.68 Å². The zero-order valence-electron chi connectivity index (χ0n) is 14.3. The third kappa shape index (κ3) is 2.67. The number of nitrogens with one attached hydrogen (secondary N) is 2. The van der Waals surface area contributed by atoms with Crippen molar-refractivity contribution in [2.75, 3.05) is 17.7 Å². The van der Waals surface area contributed by atoms with Gasteiger partial charge in [-0.3, -0.25) is 4.79 Å². The molecule has 2 heterocycles. The lowest BCUT2D eigenvalue weighted by molar-refractivity contribution is -0.116. The van der Waals surface area contributed by atoms with Crippen LogP contribution in [-0.2, 0) is 4.79 Å². The predicted molar refractivity (Wildman–Crippen MR) is 99.4 cm³/mol. The number of carbonyl (C=O) groups is 1.